The average molecular weight is 313 g/mol. The molecule has 1 aromatic carbocycles. The molecule has 0 amide bonds. The van der Waals surface area contributed by atoms with Crippen LogP contribution in [0.5, 0.6) is 0 Å². The van der Waals surface area contributed by atoms with Crippen LogP contribution in [0.2, 0.25) is 5.02 Å². The third kappa shape index (κ3) is 4.73. The third-order valence-electron chi connectivity index (χ3n) is 2.09. The number of hydrogen-bond donors (Lipinski definition) is 1. The van der Waals surface area contributed by atoms with Gasteiger partial charge >= 0.3 is 0 Å². The Hall–Kier alpha value is 0.240. The minimum atomic E-state index is 0. The van der Waals surface area contributed by atoms with Crippen LogP contribution in [-0.2, 0) is 0 Å². The van der Waals surface area contributed by atoms with Gasteiger partial charge in [0.05, 0.1) is 0 Å². The van der Waals surface area contributed by atoms with E-state index in [2.05, 4.69) is 29.8 Å². The average Bonchev–Trinajstić information content (AvgIpc) is 2.01. The summed E-state index contributed by atoms with van der Waals surface area (Å²) in [5.74, 6) is 0.588. The van der Waals surface area contributed by atoms with Gasteiger partial charge in [0, 0.05) is 15.5 Å². The second-order valence-electron chi connectivity index (χ2n) is 3.90. The fraction of sp³-hybridized carbons (Fsp3) is 0.455. The van der Waals surface area contributed by atoms with E-state index in [4.69, 9.17) is 17.3 Å². The van der Waals surface area contributed by atoms with Crippen molar-refractivity contribution in [3.8, 4) is 0 Å². The molecule has 0 bridgehead atoms. The van der Waals surface area contributed by atoms with Crippen LogP contribution in [0.15, 0.2) is 22.7 Å². The molecular formula is C11H16BrCl2N. The molecule has 0 unspecified atom stereocenters. The molecule has 4 heteroatoms. The molecule has 1 rings (SSSR count). The van der Waals surface area contributed by atoms with Gasteiger partial charge in [-0.05, 0) is 30.0 Å². The molecule has 1 atom stereocenters. The minimum absolute atomic E-state index is 0. The number of rotatable bonds is 3. The van der Waals surface area contributed by atoms with Crippen molar-refractivity contribution in [2.45, 2.75) is 26.3 Å². The molecule has 2 N–H and O–H groups in total. The summed E-state index contributed by atoms with van der Waals surface area (Å²) in [4.78, 5) is 0. The molecule has 0 aliphatic heterocycles. The first-order valence-electron chi connectivity index (χ1n) is 4.71. The maximum atomic E-state index is 6.10. The number of halogens is 3. The van der Waals surface area contributed by atoms with E-state index in [1.54, 1.807) is 0 Å². The smallest absolute Gasteiger partial charge is 0.0464 e. The lowest BCUT2D eigenvalue weighted by Gasteiger charge is -2.15. The summed E-state index contributed by atoms with van der Waals surface area (Å²) in [5, 5.41) is 0.743. The van der Waals surface area contributed by atoms with Gasteiger partial charge in [0.15, 0.2) is 0 Å². The molecule has 0 aliphatic carbocycles. The maximum absolute atomic E-state index is 6.10. The number of benzene rings is 1. The van der Waals surface area contributed by atoms with Crippen molar-refractivity contribution in [3.63, 3.8) is 0 Å². The van der Waals surface area contributed by atoms with Crippen molar-refractivity contribution in [2.75, 3.05) is 0 Å². The summed E-state index contributed by atoms with van der Waals surface area (Å²) in [6.07, 6.45) is 0.960. The Kier molecular flexibility index (Phi) is 6.85. The Balaban J connectivity index is 0.00000196. The van der Waals surface area contributed by atoms with Crippen LogP contribution in [-0.4, -0.2) is 0 Å². The second-order valence-corrected chi connectivity index (χ2v) is 5.22. The molecule has 15 heavy (non-hydrogen) atoms. The molecule has 0 heterocycles. The molecule has 86 valence electrons. The molecule has 0 fully saturated rings. The van der Waals surface area contributed by atoms with Crippen molar-refractivity contribution in [2.24, 2.45) is 11.7 Å². The normalized spacial score (nSPS) is 12.4. The monoisotopic (exact) mass is 311 g/mol. The van der Waals surface area contributed by atoms with Crippen LogP contribution in [0, 0.1) is 5.92 Å². The standard InChI is InChI=1S/C11H15BrClN.ClH/c1-7(2)5-11(14)9-4-3-8(12)6-10(9)13;/h3-4,6-7,11H,5,14H2,1-2H3;1H/t11-;/m0./s1. The first-order valence-corrected chi connectivity index (χ1v) is 5.88. The zero-order valence-electron chi connectivity index (χ0n) is 8.84. The van der Waals surface area contributed by atoms with Crippen LogP contribution in [0.25, 0.3) is 0 Å². The van der Waals surface area contributed by atoms with Gasteiger partial charge in [-0.3, -0.25) is 0 Å². The van der Waals surface area contributed by atoms with E-state index in [0.717, 1.165) is 21.5 Å². The van der Waals surface area contributed by atoms with E-state index in [0.29, 0.717) is 5.92 Å². The quantitative estimate of drug-likeness (QED) is 0.869. The zero-order chi connectivity index (χ0) is 10.7. The van der Waals surface area contributed by atoms with Crippen LogP contribution >= 0.6 is 39.9 Å². The fourth-order valence-corrected chi connectivity index (χ4v) is 2.25. The number of nitrogens with two attached hydrogens (primary N) is 1. The molecule has 0 aliphatic rings. The Labute approximate surface area is 111 Å². The zero-order valence-corrected chi connectivity index (χ0v) is 12.0. The highest BCUT2D eigenvalue weighted by Gasteiger charge is 2.11. The highest BCUT2D eigenvalue weighted by Crippen LogP contribution is 2.28. The summed E-state index contributed by atoms with van der Waals surface area (Å²) in [7, 11) is 0. The van der Waals surface area contributed by atoms with Gasteiger partial charge in [0.1, 0.15) is 0 Å². The van der Waals surface area contributed by atoms with Gasteiger partial charge in [0.25, 0.3) is 0 Å². The highest BCUT2D eigenvalue weighted by molar-refractivity contribution is 9.10. The van der Waals surface area contributed by atoms with Crippen molar-refractivity contribution >= 4 is 39.9 Å². The topological polar surface area (TPSA) is 26.0 Å². The van der Waals surface area contributed by atoms with Crippen LogP contribution < -0.4 is 5.73 Å². The molecular weight excluding hydrogens is 297 g/mol. The molecule has 0 spiro atoms. The van der Waals surface area contributed by atoms with Crippen LogP contribution in [0.3, 0.4) is 0 Å². The Bertz CT molecular complexity index is 315. The van der Waals surface area contributed by atoms with E-state index in [1.165, 1.54) is 0 Å². The lowest BCUT2D eigenvalue weighted by Crippen LogP contribution is -2.13. The van der Waals surface area contributed by atoms with Gasteiger partial charge in [-0.25, -0.2) is 0 Å². The minimum Gasteiger partial charge on any atom is -0.324 e. The molecule has 1 aromatic rings. The summed E-state index contributed by atoms with van der Waals surface area (Å²) in [6.45, 7) is 4.32. The van der Waals surface area contributed by atoms with Gasteiger partial charge in [-0.15, -0.1) is 12.4 Å². The van der Waals surface area contributed by atoms with E-state index in [9.17, 15) is 0 Å². The van der Waals surface area contributed by atoms with E-state index in [-0.39, 0.29) is 18.4 Å². The largest absolute Gasteiger partial charge is 0.324 e. The lowest BCUT2D eigenvalue weighted by atomic mass is 9.98. The van der Waals surface area contributed by atoms with E-state index in [1.807, 2.05) is 18.2 Å². The molecule has 1 nitrogen and oxygen atoms in total. The van der Waals surface area contributed by atoms with Gasteiger partial charge in [-0.2, -0.15) is 0 Å². The van der Waals surface area contributed by atoms with E-state index >= 15 is 0 Å². The first kappa shape index (κ1) is 15.2. The van der Waals surface area contributed by atoms with Gasteiger partial charge in [0.2, 0.25) is 0 Å². The third-order valence-corrected chi connectivity index (χ3v) is 2.91. The highest BCUT2D eigenvalue weighted by atomic mass is 79.9. The summed E-state index contributed by atoms with van der Waals surface area (Å²) in [6, 6.07) is 5.88. The first-order chi connectivity index (χ1) is 6.50. The predicted molar refractivity (Wildman–Crippen MR) is 72.8 cm³/mol. The summed E-state index contributed by atoms with van der Waals surface area (Å²) < 4.78 is 0.989. The summed E-state index contributed by atoms with van der Waals surface area (Å²) in [5.41, 5.74) is 7.08. The van der Waals surface area contributed by atoms with Gasteiger partial charge in [-0.1, -0.05) is 47.4 Å². The predicted octanol–water partition coefficient (Wildman–Crippen LogP) is 4.57. The molecule has 0 aromatic heterocycles. The van der Waals surface area contributed by atoms with Crippen molar-refractivity contribution < 1.29 is 0 Å². The lowest BCUT2D eigenvalue weighted by molar-refractivity contribution is 0.510. The fourth-order valence-electron chi connectivity index (χ4n) is 1.44. The second kappa shape index (κ2) is 6.74. The van der Waals surface area contributed by atoms with Crippen LogP contribution in [0.1, 0.15) is 31.9 Å². The maximum Gasteiger partial charge on any atom is 0.0464 e. The van der Waals surface area contributed by atoms with E-state index < -0.39 is 0 Å². The SMILES string of the molecule is CC(C)C[C@H](N)c1ccc(Br)cc1Cl.Cl. The van der Waals surface area contributed by atoms with Crippen molar-refractivity contribution in [1.29, 1.82) is 0 Å². The van der Waals surface area contributed by atoms with Crippen LogP contribution in [0.4, 0.5) is 0 Å². The Morgan fingerprint density at radius 1 is 1.40 bits per heavy atom. The molecule has 0 radical (unpaired) electrons. The Morgan fingerprint density at radius 2 is 2.00 bits per heavy atom. The van der Waals surface area contributed by atoms with Gasteiger partial charge < -0.3 is 5.73 Å². The Morgan fingerprint density at radius 3 is 2.47 bits per heavy atom. The molecule has 0 saturated heterocycles. The summed E-state index contributed by atoms with van der Waals surface area (Å²) >= 11 is 9.47. The number of hydrogen-bond acceptors (Lipinski definition) is 1. The van der Waals surface area contributed by atoms with Crippen molar-refractivity contribution in [3.05, 3.63) is 33.3 Å². The molecule has 0 saturated carbocycles. The van der Waals surface area contributed by atoms with Crippen molar-refractivity contribution in [1.82, 2.24) is 0 Å².